The van der Waals surface area contributed by atoms with Crippen molar-refractivity contribution in [2.45, 2.75) is 63.5 Å². The molecule has 2 fully saturated rings. The maximum absolute atomic E-state index is 12.1. The largest absolute Gasteiger partial charge is 0.465 e. The fraction of sp³-hybridized carbons (Fsp3) is 0.579. The first-order valence-corrected chi connectivity index (χ1v) is 9.77. The number of carbonyl (C=O) groups excluding carboxylic acids is 1. The molecule has 4 rings (SSSR count). The Balaban J connectivity index is 1.35. The van der Waals surface area contributed by atoms with E-state index in [0.717, 1.165) is 37.8 Å². The first-order chi connectivity index (χ1) is 13.5. The van der Waals surface area contributed by atoms with Crippen molar-refractivity contribution in [2.24, 2.45) is 5.92 Å². The minimum absolute atomic E-state index is 0.0339. The van der Waals surface area contributed by atoms with Crippen LogP contribution in [0.1, 0.15) is 56.3 Å². The fourth-order valence-corrected chi connectivity index (χ4v) is 4.25. The van der Waals surface area contributed by atoms with Crippen LogP contribution in [0.2, 0.25) is 0 Å². The number of nitrogens with one attached hydrogen (secondary N) is 2. The molecular formula is C19H25N5O4. The van der Waals surface area contributed by atoms with Gasteiger partial charge in [0.25, 0.3) is 0 Å². The van der Waals surface area contributed by atoms with E-state index < -0.39 is 6.09 Å². The van der Waals surface area contributed by atoms with Gasteiger partial charge in [-0.3, -0.25) is 9.89 Å². The molecule has 2 aliphatic rings. The van der Waals surface area contributed by atoms with Crippen molar-refractivity contribution in [3.63, 3.8) is 0 Å². The van der Waals surface area contributed by atoms with Gasteiger partial charge in [-0.2, -0.15) is 5.10 Å². The molecule has 150 valence electrons. The Morgan fingerprint density at radius 1 is 1.39 bits per heavy atom. The Hall–Kier alpha value is -2.84. The van der Waals surface area contributed by atoms with Crippen molar-refractivity contribution in [3.8, 4) is 0 Å². The number of nitrogens with zero attached hydrogens (tertiary/aromatic N) is 3. The predicted molar refractivity (Wildman–Crippen MR) is 99.9 cm³/mol. The zero-order chi connectivity index (χ0) is 19.7. The van der Waals surface area contributed by atoms with E-state index in [1.807, 2.05) is 13.0 Å². The number of hydrogen-bond acceptors (Lipinski definition) is 5. The second-order valence-electron chi connectivity index (χ2n) is 7.86. The number of rotatable bonds is 7. The highest BCUT2D eigenvalue weighted by Gasteiger charge is 2.41. The third-order valence-electron chi connectivity index (χ3n) is 5.90. The molecule has 0 bridgehead atoms. The van der Waals surface area contributed by atoms with Gasteiger partial charge in [-0.25, -0.2) is 4.79 Å². The molecule has 2 aliphatic carbocycles. The summed E-state index contributed by atoms with van der Waals surface area (Å²) in [6.45, 7) is 2.03. The molecule has 2 aromatic rings. The molecule has 9 nitrogen and oxygen atoms in total. The molecule has 0 saturated heterocycles. The van der Waals surface area contributed by atoms with Crippen LogP contribution in [0.4, 0.5) is 10.6 Å². The van der Waals surface area contributed by atoms with Gasteiger partial charge in [0.2, 0.25) is 5.91 Å². The monoisotopic (exact) mass is 387 g/mol. The summed E-state index contributed by atoms with van der Waals surface area (Å²) in [4.78, 5) is 25.5. The summed E-state index contributed by atoms with van der Waals surface area (Å²) >= 11 is 0. The number of aromatic amines is 1. The summed E-state index contributed by atoms with van der Waals surface area (Å²) in [6, 6.07) is 3.59. The van der Waals surface area contributed by atoms with Crippen molar-refractivity contribution >= 4 is 17.8 Å². The molecule has 0 spiro atoms. The number of hydrogen-bond donors (Lipinski definition) is 3. The summed E-state index contributed by atoms with van der Waals surface area (Å²) in [7, 11) is 0. The molecule has 0 radical (unpaired) electrons. The summed E-state index contributed by atoms with van der Waals surface area (Å²) in [6.07, 6.45) is 5.50. The molecule has 0 aromatic carbocycles. The second-order valence-corrected chi connectivity index (χ2v) is 7.86. The fourth-order valence-electron chi connectivity index (χ4n) is 4.25. The van der Waals surface area contributed by atoms with Gasteiger partial charge < -0.3 is 19.8 Å². The summed E-state index contributed by atoms with van der Waals surface area (Å²) in [5, 5.41) is 23.3. The lowest BCUT2D eigenvalue weighted by Crippen LogP contribution is -2.45. The highest BCUT2D eigenvalue weighted by molar-refractivity contribution is 5.91. The van der Waals surface area contributed by atoms with E-state index in [1.165, 1.54) is 6.26 Å². The lowest BCUT2D eigenvalue weighted by Gasteiger charge is -2.32. The molecule has 2 saturated carbocycles. The topological polar surface area (TPSA) is 124 Å². The number of H-pyrrole nitrogens is 1. The van der Waals surface area contributed by atoms with E-state index in [2.05, 4.69) is 20.7 Å². The Bertz CT molecular complexity index is 829. The van der Waals surface area contributed by atoms with Crippen molar-refractivity contribution in [2.75, 3.05) is 5.32 Å². The standard InChI is InChI=1S/C19H25N5O4/c1-11(12-2-3-12)24(19(26)27)15-5-4-13(8-15)16-10-17(22-21-16)20-18(25)9-14-6-7-28-23-14/h6-7,10-13,15H,2-5,8-9H2,1H3,(H,26,27)(H2,20,21,22,25)/t11-,13+,15-/m1/s1. The number of amides is 2. The van der Waals surface area contributed by atoms with Crippen LogP contribution in [0.3, 0.4) is 0 Å². The highest BCUT2D eigenvalue weighted by Crippen LogP contribution is 2.41. The SMILES string of the molecule is C[C@H](C1CC1)N(C(=O)O)[C@@H]1CC[C@H](c2cc(NC(=O)Cc3ccon3)n[nH]2)C1. The molecule has 2 amide bonds. The maximum atomic E-state index is 12.1. The molecule has 0 unspecified atom stereocenters. The van der Waals surface area contributed by atoms with E-state index in [9.17, 15) is 14.7 Å². The average molecular weight is 387 g/mol. The van der Waals surface area contributed by atoms with E-state index in [1.54, 1.807) is 11.0 Å². The van der Waals surface area contributed by atoms with Gasteiger partial charge >= 0.3 is 6.09 Å². The van der Waals surface area contributed by atoms with Gasteiger partial charge in [-0.15, -0.1) is 0 Å². The van der Waals surface area contributed by atoms with Gasteiger partial charge in [0.1, 0.15) is 6.26 Å². The van der Waals surface area contributed by atoms with E-state index in [0.29, 0.717) is 17.4 Å². The maximum Gasteiger partial charge on any atom is 0.407 e. The molecule has 3 atom stereocenters. The molecule has 28 heavy (non-hydrogen) atoms. The van der Waals surface area contributed by atoms with Crippen LogP contribution in [-0.4, -0.2) is 49.4 Å². The van der Waals surface area contributed by atoms with E-state index in [-0.39, 0.29) is 30.3 Å². The number of carbonyl (C=O) groups is 2. The molecule has 0 aliphatic heterocycles. The average Bonchev–Trinajstić information content (AvgIpc) is 3.01. The lowest BCUT2D eigenvalue weighted by atomic mass is 10.0. The van der Waals surface area contributed by atoms with Gasteiger partial charge in [0.15, 0.2) is 5.82 Å². The van der Waals surface area contributed by atoms with Crippen LogP contribution in [-0.2, 0) is 11.2 Å². The van der Waals surface area contributed by atoms with Gasteiger partial charge in [0, 0.05) is 35.8 Å². The van der Waals surface area contributed by atoms with Crippen molar-refractivity contribution in [1.29, 1.82) is 0 Å². The first kappa shape index (κ1) is 18.5. The highest BCUT2D eigenvalue weighted by atomic mass is 16.5. The summed E-state index contributed by atoms with van der Waals surface area (Å²) in [5.74, 6) is 0.973. The van der Waals surface area contributed by atoms with Crippen LogP contribution in [0.5, 0.6) is 0 Å². The Kier molecular flexibility index (Phi) is 5.06. The van der Waals surface area contributed by atoms with Crippen LogP contribution >= 0.6 is 0 Å². The van der Waals surface area contributed by atoms with Gasteiger partial charge in [-0.05, 0) is 44.9 Å². The van der Waals surface area contributed by atoms with Crippen molar-refractivity contribution in [1.82, 2.24) is 20.3 Å². The second kappa shape index (κ2) is 7.65. The third-order valence-corrected chi connectivity index (χ3v) is 5.90. The minimum Gasteiger partial charge on any atom is -0.465 e. The number of carboxylic acid groups (broad SMARTS) is 1. The van der Waals surface area contributed by atoms with Gasteiger partial charge in [0.05, 0.1) is 12.1 Å². The van der Waals surface area contributed by atoms with Crippen LogP contribution in [0.25, 0.3) is 0 Å². The van der Waals surface area contributed by atoms with Gasteiger partial charge in [-0.1, -0.05) is 5.16 Å². The number of anilines is 1. The van der Waals surface area contributed by atoms with Crippen LogP contribution < -0.4 is 5.32 Å². The first-order valence-electron chi connectivity index (χ1n) is 9.77. The Morgan fingerprint density at radius 3 is 2.89 bits per heavy atom. The lowest BCUT2D eigenvalue weighted by molar-refractivity contribution is -0.115. The molecule has 3 N–H and O–H groups in total. The summed E-state index contributed by atoms with van der Waals surface area (Å²) in [5.41, 5.74) is 1.49. The Morgan fingerprint density at radius 2 is 2.21 bits per heavy atom. The number of aromatic nitrogens is 3. The molecular weight excluding hydrogens is 362 g/mol. The van der Waals surface area contributed by atoms with Crippen LogP contribution in [0.15, 0.2) is 22.9 Å². The minimum atomic E-state index is -0.824. The Labute approximate surface area is 162 Å². The molecule has 2 heterocycles. The third kappa shape index (κ3) is 4.02. The smallest absolute Gasteiger partial charge is 0.407 e. The zero-order valence-corrected chi connectivity index (χ0v) is 15.8. The normalized spacial score (nSPS) is 22.8. The summed E-state index contributed by atoms with van der Waals surface area (Å²) < 4.78 is 4.72. The van der Waals surface area contributed by atoms with Crippen molar-refractivity contribution in [3.05, 3.63) is 29.8 Å². The molecule has 2 aromatic heterocycles. The zero-order valence-electron chi connectivity index (χ0n) is 15.8. The van der Waals surface area contributed by atoms with Crippen LogP contribution in [0, 0.1) is 5.92 Å². The molecule has 9 heteroatoms. The van der Waals surface area contributed by atoms with Crippen molar-refractivity contribution < 1.29 is 19.2 Å². The predicted octanol–water partition coefficient (Wildman–Crippen LogP) is 2.99. The quantitative estimate of drug-likeness (QED) is 0.671. The van der Waals surface area contributed by atoms with E-state index >= 15 is 0 Å². The van der Waals surface area contributed by atoms with E-state index in [4.69, 9.17) is 4.52 Å².